The smallest absolute Gasteiger partial charge is 0.137 e. The summed E-state index contributed by atoms with van der Waals surface area (Å²) in [6.07, 6.45) is 0. The second kappa shape index (κ2) is 13.9. The van der Waals surface area contributed by atoms with Gasteiger partial charge in [0.25, 0.3) is 0 Å². The highest BCUT2D eigenvalue weighted by Gasteiger charge is 2.20. The van der Waals surface area contributed by atoms with E-state index in [1.165, 1.54) is 76.5 Å². The van der Waals surface area contributed by atoms with Gasteiger partial charge < -0.3 is 9.32 Å². The van der Waals surface area contributed by atoms with Crippen LogP contribution in [-0.2, 0) is 0 Å². The maximum Gasteiger partial charge on any atom is 0.137 e. The molecule has 0 radical (unpaired) electrons. The molecule has 1 heterocycles. The van der Waals surface area contributed by atoms with Crippen LogP contribution in [0.1, 0.15) is 0 Å². The average Bonchev–Trinajstić information content (AvgIpc) is 3.71. The lowest BCUT2D eigenvalue weighted by Crippen LogP contribution is -2.10. The summed E-state index contributed by atoms with van der Waals surface area (Å²) in [5, 5.41) is 12.4. The van der Waals surface area contributed by atoms with Crippen molar-refractivity contribution in [3.63, 3.8) is 0 Å². The molecule has 0 fully saturated rings. The van der Waals surface area contributed by atoms with Gasteiger partial charge in [0.05, 0.1) is 11.1 Å². The SMILES string of the molecule is c1ccc2c(c1)ccc1cc(-c3ccc(N(c4ccc(-c5ccc(-c6ccc7ccc8ccccc8c7c6)cc5)cc4)c4cccc5oc6ccccc6c45)cc3)ccc12. The Morgan fingerprint density at radius 2 is 0.700 bits per heavy atom. The van der Waals surface area contributed by atoms with E-state index in [9.17, 15) is 0 Å². The van der Waals surface area contributed by atoms with Crippen molar-refractivity contribution >= 4 is 82.1 Å². The Balaban J connectivity index is 0.908. The third-order valence-corrected chi connectivity index (χ3v) is 12.2. The molecule has 12 aromatic rings. The van der Waals surface area contributed by atoms with Crippen LogP contribution in [0.4, 0.5) is 17.1 Å². The Bertz CT molecular complexity index is 3580. The molecule has 2 heteroatoms. The van der Waals surface area contributed by atoms with Gasteiger partial charge in [-0.15, -0.1) is 0 Å². The number of furan rings is 1. The van der Waals surface area contributed by atoms with Crippen LogP contribution in [0, 0.1) is 0 Å². The molecule has 12 rings (SSSR count). The standard InChI is InChI=1S/C58H37NO/c1-3-10-50-42(8-1)23-25-47-36-45(30-35-52(47)50)41-28-33-49(34-29-41)59(55-13-7-15-57-58(55)53-12-5-6-14-56(53)60-57)48-31-26-39(27-32-48)38-16-18-40(19-17-38)46-24-22-44-21-20-43-9-2-4-11-51(43)54(44)37-46/h1-37H. The van der Waals surface area contributed by atoms with Gasteiger partial charge >= 0.3 is 0 Å². The maximum absolute atomic E-state index is 6.39. The van der Waals surface area contributed by atoms with Gasteiger partial charge in [0.2, 0.25) is 0 Å². The maximum atomic E-state index is 6.39. The van der Waals surface area contributed by atoms with Gasteiger partial charge in [-0.2, -0.15) is 0 Å². The van der Waals surface area contributed by atoms with Crippen molar-refractivity contribution in [2.24, 2.45) is 0 Å². The molecule has 0 amide bonds. The Hall–Kier alpha value is -7.94. The van der Waals surface area contributed by atoms with E-state index >= 15 is 0 Å². The fourth-order valence-corrected chi connectivity index (χ4v) is 9.20. The number of nitrogens with zero attached hydrogens (tertiary/aromatic N) is 1. The molecule has 0 saturated heterocycles. The first-order valence-electron chi connectivity index (χ1n) is 20.6. The van der Waals surface area contributed by atoms with E-state index in [0.29, 0.717) is 0 Å². The first kappa shape index (κ1) is 34.1. The van der Waals surface area contributed by atoms with E-state index in [1.54, 1.807) is 0 Å². The molecular formula is C58H37NO. The fourth-order valence-electron chi connectivity index (χ4n) is 9.20. The summed E-state index contributed by atoms with van der Waals surface area (Å²) in [6, 6.07) is 81.3. The first-order valence-corrected chi connectivity index (χ1v) is 20.6. The molecule has 0 spiro atoms. The summed E-state index contributed by atoms with van der Waals surface area (Å²) in [7, 11) is 0. The quantitative estimate of drug-likeness (QED) is 0.157. The topological polar surface area (TPSA) is 16.4 Å². The number of rotatable bonds is 6. The van der Waals surface area contributed by atoms with Crippen LogP contribution in [0.15, 0.2) is 229 Å². The number of benzene rings is 11. The zero-order chi connectivity index (χ0) is 39.6. The van der Waals surface area contributed by atoms with Crippen molar-refractivity contribution < 1.29 is 4.42 Å². The van der Waals surface area contributed by atoms with E-state index in [1.807, 2.05) is 12.1 Å². The Kier molecular flexibility index (Phi) is 7.89. The number of hydrogen-bond donors (Lipinski definition) is 0. The van der Waals surface area contributed by atoms with E-state index in [4.69, 9.17) is 4.42 Å². The third-order valence-electron chi connectivity index (χ3n) is 12.2. The van der Waals surface area contributed by atoms with E-state index < -0.39 is 0 Å². The lowest BCUT2D eigenvalue weighted by atomic mass is 9.96. The number of fused-ring (bicyclic) bond motifs is 9. The molecular weight excluding hydrogens is 727 g/mol. The molecule has 0 N–H and O–H groups in total. The summed E-state index contributed by atoms with van der Waals surface area (Å²) >= 11 is 0. The van der Waals surface area contributed by atoms with Crippen LogP contribution < -0.4 is 4.90 Å². The highest BCUT2D eigenvalue weighted by atomic mass is 16.3. The zero-order valence-electron chi connectivity index (χ0n) is 32.7. The first-order chi connectivity index (χ1) is 29.7. The van der Waals surface area contributed by atoms with Crippen LogP contribution in [0.25, 0.3) is 98.4 Å². The van der Waals surface area contributed by atoms with Crippen LogP contribution in [0.2, 0.25) is 0 Å². The summed E-state index contributed by atoms with van der Waals surface area (Å²) in [5.41, 5.74) is 12.1. The normalized spacial score (nSPS) is 11.7. The summed E-state index contributed by atoms with van der Waals surface area (Å²) in [4.78, 5) is 2.36. The van der Waals surface area contributed by atoms with Gasteiger partial charge in [0, 0.05) is 16.8 Å². The van der Waals surface area contributed by atoms with Crippen LogP contribution in [-0.4, -0.2) is 0 Å². The second-order valence-corrected chi connectivity index (χ2v) is 15.7. The van der Waals surface area contributed by atoms with Crippen LogP contribution in [0.3, 0.4) is 0 Å². The van der Waals surface area contributed by atoms with Gasteiger partial charge in [-0.05, 0) is 131 Å². The highest BCUT2D eigenvalue weighted by Crippen LogP contribution is 2.44. The molecule has 0 unspecified atom stereocenters. The third kappa shape index (κ3) is 5.73. The predicted octanol–water partition coefficient (Wildman–Crippen LogP) is 16.7. The monoisotopic (exact) mass is 763 g/mol. The second-order valence-electron chi connectivity index (χ2n) is 15.7. The minimum atomic E-state index is 0.871. The van der Waals surface area contributed by atoms with Crippen molar-refractivity contribution in [1.82, 2.24) is 0 Å². The summed E-state index contributed by atoms with van der Waals surface area (Å²) in [6.45, 7) is 0. The number of hydrogen-bond acceptors (Lipinski definition) is 2. The molecule has 0 aliphatic heterocycles. The molecule has 0 bridgehead atoms. The van der Waals surface area contributed by atoms with Gasteiger partial charge in [-0.3, -0.25) is 0 Å². The Morgan fingerprint density at radius 3 is 1.37 bits per heavy atom. The van der Waals surface area contributed by atoms with Crippen LogP contribution >= 0.6 is 0 Å². The largest absolute Gasteiger partial charge is 0.456 e. The van der Waals surface area contributed by atoms with Crippen molar-refractivity contribution in [2.45, 2.75) is 0 Å². The molecule has 0 aliphatic carbocycles. The Morgan fingerprint density at radius 1 is 0.267 bits per heavy atom. The minimum Gasteiger partial charge on any atom is -0.456 e. The molecule has 0 atom stereocenters. The predicted molar refractivity (Wildman–Crippen MR) is 255 cm³/mol. The molecule has 1 aromatic heterocycles. The van der Waals surface area contributed by atoms with E-state index in [-0.39, 0.29) is 0 Å². The van der Waals surface area contributed by atoms with Crippen molar-refractivity contribution in [2.75, 3.05) is 4.90 Å². The zero-order valence-corrected chi connectivity index (χ0v) is 32.7. The number of para-hydroxylation sites is 1. The highest BCUT2D eigenvalue weighted by molar-refractivity contribution is 6.14. The van der Waals surface area contributed by atoms with Gasteiger partial charge in [-0.1, -0.05) is 170 Å². The lowest BCUT2D eigenvalue weighted by Gasteiger charge is -2.26. The van der Waals surface area contributed by atoms with Crippen molar-refractivity contribution in [3.05, 3.63) is 224 Å². The van der Waals surface area contributed by atoms with E-state index in [0.717, 1.165) is 39.0 Å². The molecule has 0 aliphatic rings. The van der Waals surface area contributed by atoms with E-state index in [2.05, 4.69) is 217 Å². The van der Waals surface area contributed by atoms with Gasteiger partial charge in [0.15, 0.2) is 0 Å². The Labute approximate surface area is 347 Å². The molecule has 60 heavy (non-hydrogen) atoms. The molecule has 2 nitrogen and oxygen atoms in total. The summed E-state index contributed by atoms with van der Waals surface area (Å²) in [5.74, 6) is 0. The average molecular weight is 764 g/mol. The number of anilines is 3. The summed E-state index contributed by atoms with van der Waals surface area (Å²) < 4.78 is 6.39. The molecule has 280 valence electrons. The van der Waals surface area contributed by atoms with Crippen molar-refractivity contribution in [3.8, 4) is 33.4 Å². The van der Waals surface area contributed by atoms with Gasteiger partial charge in [0.1, 0.15) is 11.2 Å². The van der Waals surface area contributed by atoms with Gasteiger partial charge in [-0.25, -0.2) is 0 Å². The van der Waals surface area contributed by atoms with Crippen LogP contribution in [0.5, 0.6) is 0 Å². The molecule has 11 aromatic carbocycles. The lowest BCUT2D eigenvalue weighted by molar-refractivity contribution is 0.669. The minimum absolute atomic E-state index is 0.871. The van der Waals surface area contributed by atoms with Crippen molar-refractivity contribution in [1.29, 1.82) is 0 Å². The fraction of sp³-hybridized carbons (Fsp3) is 0. The molecule has 0 saturated carbocycles.